The van der Waals surface area contributed by atoms with Crippen LogP contribution in [0.2, 0.25) is 0 Å². The molecule has 0 radical (unpaired) electrons. The van der Waals surface area contributed by atoms with Crippen LogP contribution in [0.1, 0.15) is 41.4 Å². The minimum absolute atomic E-state index is 0. The molecule has 0 bridgehead atoms. The van der Waals surface area contributed by atoms with Gasteiger partial charge in [0.05, 0.1) is 23.1 Å². The molecule has 0 aliphatic heterocycles. The third-order valence-electron chi connectivity index (χ3n) is 3.09. The molecule has 0 heterocycles. The Morgan fingerprint density at radius 3 is 1.06 bits per heavy atom. The van der Waals surface area contributed by atoms with E-state index in [0.29, 0.717) is 0 Å². The second-order valence-electron chi connectivity index (χ2n) is 4.98. The maximum absolute atomic E-state index is 11.1. The summed E-state index contributed by atoms with van der Waals surface area (Å²) >= 11 is 0. The SMILES string of the molecule is O=C(O)OC(=O)c1ccccc1C(=O)[O-].O=C(O)OC(=O)c1ccccc1C(=O)[O-].[Pt+2]. The maximum atomic E-state index is 11.1. The predicted octanol–water partition coefficient (Wildman–Crippen LogP) is -0.233. The van der Waals surface area contributed by atoms with Crippen molar-refractivity contribution in [2.24, 2.45) is 0 Å². The summed E-state index contributed by atoms with van der Waals surface area (Å²) in [5.41, 5.74) is -1.55. The number of carbonyl (C=O) groups excluding carboxylic acids is 4. The van der Waals surface area contributed by atoms with Gasteiger partial charge in [-0.1, -0.05) is 36.4 Å². The number of aromatic carboxylic acids is 2. The van der Waals surface area contributed by atoms with Crippen molar-refractivity contribution in [1.82, 2.24) is 0 Å². The Labute approximate surface area is 186 Å². The number of carbonyl (C=O) groups is 6. The van der Waals surface area contributed by atoms with Crippen LogP contribution < -0.4 is 10.2 Å². The van der Waals surface area contributed by atoms with Crippen LogP contribution in [0.25, 0.3) is 0 Å². The van der Waals surface area contributed by atoms with E-state index >= 15 is 0 Å². The molecule has 0 aromatic heterocycles. The largest absolute Gasteiger partial charge is 2.00 e. The van der Waals surface area contributed by atoms with Crippen LogP contribution in [0.4, 0.5) is 9.59 Å². The Morgan fingerprint density at radius 1 is 0.581 bits per heavy atom. The average molecular weight is 613 g/mol. The fraction of sp³-hybridized carbons (Fsp3) is 0. The Kier molecular flexibility index (Phi) is 10.9. The number of benzene rings is 2. The van der Waals surface area contributed by atoms with E-state index in [0.717, 1.165) is 24.3 Å². The van der Waals surface area contributed by atoms with E-state index in [1.165, 1.54) is 24.3 Å². The zero-order chi connectivity index (χ0) is 22.8. The van der Waals surface area contributed by atoms with Crippen LogP contribution in [0, 0.1) is 0 Å². The van der Waals surface area contributed by atoms with Gasteiger partial charge in [-0.05, 0) is 12.1 Å². The summed E-state index contributed by atoms with van der Waals surface area (Å²) in [6, 6.07) is 10.0. The van der Waals surface area contributed by atoms with Gasteiger partial charge in [-0.3, -0.25) is 0 Å². The van der Waals surface area contributed by atoms with Crippen molar-refractivity contribution in [2.45, 2.75) is 0 Å². The molecule has 0 saturated carbocycles. The summed E-state index contributed by atoms with van der Waals surface area (Å²) in [5.74, 6) is -5.65. The molecule has 0 aliphatic carbocycles. The molecule has 164 valence electrons. The molecule has 0 amide bonds. The second-order valence-corrected chi connectivity index (χ2v) is 4.98. The molecule has 2 rings (SSSR count). The summed E-state index contributed by atoms with van der Waals surface area (Å²) in [6.45, 7) is 0. The van der Waals surface area contributed by atoms with Crippen molar-refractivity contribution >= 4 is 36.2 Å². The maximum Gasteiger partial charge on any atom is 2.00 e. The van der Waals surface area contributed by atoms with Gasteiger partial charge in [0.2, 0.25) is 0 Å². The molecule has 31 heavy (non-hydrogen) atoms. The number of esters is 2. The van der Waals surface area contributed by atoms with Gasteiger partial charge in [-0.15, -0.1) is 0 Å². The minimum Gasteiger partial charge on any atom is -0.545 e. The standard InChI is InChI=1S/2C9H6O6.Pt/c2*10-7(11)5-3-1-2-4-6(5)8(12)15-9(13)14;/h2*1-4H,(H,10,11)(H,13,14);/q;;+2/p-2. The number of rotatable bonds is 4. The van der Waals surface area contributed by atoms with Crippen LogP contribution in [0.5, 0.6) is 0 Å². The summed E-state index contributed by atoms with van der Waals surface area (Å²) in [5, 5.41) is 37.4. The van der Waals surface area contributed by atoms with Gasteiger partial charge in [0.1, 0.15) is 0 Å². The van der Waals surface area contributed by atoms with E-state index in [-0.39, 0.29) is 32.2 Å². The predicted molar refractivity (Wildman–Crippen MR) is 88.4 cm³/mol. The summed E-state index contributed by atoms with van der Waals surface area (Å²) in [7, 11) is 0. The van der Waals surface area contributed by atoms with E-state index in [1.54, 1.807) is 0 Å². The number of ether oxygens (including phenoxy) is 2. The Morgan fingerprint density at radius 2 is 0.839 bits per heavy atom. The van der Waals surface area contributed by atoms with Crippen LogP contribution in [0.15, 0.2) is 48.5 Å². The molecule has 0 atom stereocenters. The third-order valence-corrected chi connectivity index (χ3v) is 3.09. The monoisotopic (exact) mass is 613 g/mol. The van der Waals surface area contributed by atoms with Crippen molar-refractivity contribution in [3.63, 3.8) is 0 Å². The molecule has 12 nitrogen and oxygen atoms in total. The molecule has 0 saturated heterocycles. The van der Waals surface area contributed by atoms with Gasteiger partial charge in [0.15, 0.2) is 0 Å². The molecule has 0 spiro atoms. The van der Waals surface area contributed by atoms with Crippen LogP contribution >= 0.6 is 0 Å². The first-order chi connectivity index (χ1) is 14.0. The fourth-order valence-corrected chi connectivity index (χ4v) is 1.95. The van der Waals surface area contributed by atoms with Gasteiger partial charge in [-0.2, -0.15) is 0 Å². The Bertz CT molecular complexity index is 933. The summed E-state index contributed by atoms with van der Waals surface area (Å²) in [4.78, 5) is 63.4. The number of carboxylic acids is 2. The topological polar surface area (TPSA) is 207 Å². The first kappa shape index (κ1) is 26.9. The quantitative estimate of drug-likeness (QED) is 0.339. The van der Waals surface area contributed by atoms with Crippen LogP contribution in [-0.2, 0) is 30.5 Å². The van der Waals surface area contributed by atoms with Gasteiger partial charge >= 0.3 is 45.3 Å². The zero-order valence-electron chi connectivity index (χ0n) is 14.9. The number of carboxylic acid groups (broad SMARTS) is 4. The van der Waals surface area contributed by atoms with Gasteiger partial charge < -0.3 is 39.5 Å². The number of hydrogen-bond donors (Lipinski definition) is 2. The van der Waals surface area contributed by atoms with E-state index in [9.17, 15) is 39.0 Å². The molecule has 0 aliphatic rings. The molecule has 2 aromatic rings. The van der Waals surface area contributed by atoms with Crippen molar-refractivity contribution in [1.29, 1.82) is 0 Å². The van der Waals surface area contributed by atoms with Gasteiger partial charge in [0, 0.05) is 11.1 Å². The molecule has 0 unspecified atom stereocenters. The minimum atomic E-state index is -1.80. The number of hydrogen-bond acceptors (Lipinski definition) is 10. The Hall–Kier alpha value is -4.05. The molecule has 2 N–H and O–H groups in total. The molecular formula is C18H10O12Pt. The first-order valence-corrected chi connectivity index (χ1v) is 7.55. The third kappa shape index (κ3) is 8.46. The van der Waals surface area contributed by atoms with Crippen LogP contribution in [0.3, 0.4) is 0 Å². The average Bonchev–Trinajstić information content (AvgIpc) is 2.67. The van der Waals surface area contributed by atoms with E-state index in [4.69, 9.17) is 10.2 Å². The van der Waals surface area contributed by atoms with Gasteiger partial charge in [-0.25, -0.2) is 19.2 Å². The molecular weight excluding hydrogens is 603 g/mol. The summed E-state index contributed by atoms with van der Waals surface area (Å²) < 4.78 is 7.63. The Balaban J connectivity index is 0.000000562. The van der Waals surface area contributed by atoms with E-state index in [1.807, 2.05) is 0 Å². The van der Waals surface area contributed by atoms with E-state index in [2.05, 4.69) is 9.47 Å². The van der Waals surface area contributed by atoms with Gasteiger partial charge in [0.25, 0.3) is 0 Å². The van der Waals surface area contributed by atoms with Crippen molar-refractivity contribution in [3.05, 3.63) is 70.8 Å². The molecule has 13 heteroatoms. The van der Waals surface area contributed by atoms with Crippen molar-refractivity contribution in [3.8, 4) is 0 Å². The second kappa shape index (κ2) is 12.5. The first-order valence-electron chi connectivity index (χ1n) is 7.55. The fourth-order valence-electron chi connectivity index (χ4n) is 1.95. The summed E-state index contributed by atoms with van der Waals surface area (Å²) in [6.07, 6.45) is -3.60. The smallest absolute Gasteiger partial charge is 0.545 e. The van der Waals surface area contributed by atoms with E-state index < -0.39 is 47.3 Å². The molecule has 0 fully saturated rings. The zero-order valence-corrected chi connectivity index (χ0v) is 17.2. The van der Waals surface area contributed by atoms with Crippen molar-refractivity contribution < 1.29 is 79.7 Å². The van der Waals surface area contributed by atoms with Crippen molar-refractivity contribution in [2.75, 3.05) is 0 Å². The molecule has 2 aromatic carbocycles. The normalized spacial score (nSPS) is 9.03. The van der Waals surface area contributed by atoms with Crippen LogP contribution in [-0.4, -0.2) is 46.4 Å².